The van der Waals surface area contributed by atoms with Crippen LogP contribution in [-0.4, -0.2) is 20.4 Å². The molecule has 2 aromatic rings. The van der Waals surface area contributed by atoms with E-state index in [1.807, 2.05) is 16.8 Å². The third kappa shape index (κ3) is 3.13. The third-order valence-corrected chi connectivity index (χ3v) is 7.84. The molecule has 5 nitrogen and oxygen atoms in total. The molecule has 6 rings (SSSR count). The van der Waals surface area contributed by atoms with Gasteiger partial charge in [0.1, 0.15) is 0 Å². The van der Waals surface area contributed by atoms with Gasteiger partial charge >= 0.3 is 5.97 Å². The molecular weight excluding hydrogens is 416 g/mol. The highest BCUT2D eigenvalue weighted by Gasteiger charge is 2.57. The van der Waals surface area contributed by atoms with Gasteiger partial charge in [-0.05, 0) is 67.2 Å². The quantitative estimate of drug-likeness (QED) is 0.489. The Morgan fingerprint density at radius 3 is 2.85 bits per heavy atom. The average molecular weight is 437 g/mol. The second-order valence-electron chi connectivity index (χ2n) is 8.48. The number of halogens is 1. The van der Waals surface area contributed by atoms with E-state index in [0.717, 1.165) is 23.8 Å². The minimum Gasteiger partial charge on any atom is -0.457 e. The number of aromatic nitrogens is 2. The molecule has 4 saturated carbocycles. The van der Waals surface area contributed by atoms with E-state index in [1.165, 1.54) is 32.1 Å². The van der Waals surface area contributed by atoms with E-state index in [-0.39, 0.29) is 22.3 Å². The number of rotatable bonds is 5. The largest absolute Gasteiger partial charge is 0.457 e. The van der Waals surface area contributed by atoms with E-state index in [1.54, 1.807) is 11.3 Å². The molecule has 4 aliphatic rings. The standard InChI is InChI=1S/C19H21BrN2O3S/c20-19-6-12-3-13(7-19)5-18(4-12,11-19)8-16(23)24-9-15-21-17(25-22-15)14-1-2-26-10-14/h1-2,10,12-13H,3-9,11H2. The van der Waals surface area contributed by atoms with Gasteiger partial charge in [-0.3, -0.25) is 4.79 Å². The first-order chi connectivity index (χ1) is 12.5. The lowest BCUT2D eigenvalue weighted by atomic mass is 9.49. The van der Waals surface area contributed by atoms with Gasteiger partial charge in [-0.2, -0.15) is 16.3 Å². The summed E-state index contributed by atoms with van der Waals surface area (Å²) in [5.74, 6) is 2.30. The molecule has 4 bridgehead atoms. The van der Waals surface area contributed by atoms with Crippen LogP contribution in [0.3, 0.4) is 0 Å². The first-order valence-electron chi connectivity index (χ1n) is 9.21. The molecule has 2 heterocycles. The van der Waals surface area contributed by atoms with Crippen LogP contribution >= 0.6 is 27.3 Å². The van der Waals surface area contributed by atoms with Crippen LogP contribution in [0.5, 0.6) is 0 Å². The van der Waals surface area contributed by atoms with Crippen LogP contribution in [0.4, 0.5) is 0 Å². The van der Waals surface area contributed by atoms with Crippen molar-refractivity contribution in [1.82, 2.24) is 10.1 Å². The number of hydrogen-bond acceptors (Lipinski definition) is 6. The highest BCUT2D eigenvalue weighted by atomic mass is 79.9. The molecule has 2 aromatic heterocycles. The molecule has 2 unspecified atom stereocenters. The lowest BCUT2D eigenvalue weighted by Gasteiger charge is -2.60. The van der Waals surface area contributed by atoms with Crippen molar-refractivity contribution in [2.24, 2.45) is 17.3 Å². The Kier molecular flexibility index (Phi) is 4.01. The van der Waals surface area contributed by atoms with Gasteiger partial charge in [-0.1, -0.05) is 21.1 Å². The van der Waals surface area contributed by atoms with Crippen molar-refractivity contribution >= 4 is 33.2 Å². The molecule has 2 atom stereocenters. The fourth-order valence-corrected chi connectivity index (χ4v) is 8.00. The predicted octanol–water partition coefficient (Wildman–Crippen LogP) is 4.97. The normalized spacial score (nSPS) is 35.0. The molecule has 0 amide bonds. The average Bonchev–Trinajstić information content (AvgIpc) is 3.21. The van der Waals surface area contributed by atoms with Crippen molar-refractivity contribution < 1.29 is 14.1 Å². The van der Waals surface area contributed by atoms with E-state index >= 15 is 0 Å². The monoisotopic (exact) mass is 436 g/mol. The Hall–Kier alpha value is -1.21. The van der Waals surface area contributed by atoms with E-state index in [4.69, 9.17) is 9.26 Å². The van der Waals surface area contributed by atoms with Crippen molar-refractivity contribution in [3.8, 4) is 11.5 Å². The summed E-state index contributed by atoms with van der Waals surface area (Å²) in [6, 6.07) is 1.93. The van der Waals surface area contributed by atoms with Crippen LogP contribution in [0.2, 0.25) is 0 Å². The fraction of sp³-hybridized carbons (Fsp3) is 0.632. The Morgan fingerprint density at radius 1 is 1.35 bits per heavy atom. The minimum absolute atomic E-state index is 0.0782. The molecule has 7 heteroatoms. The Morgan fingerprint density at radius 2 is 2.15 bits per heavy atom. The SMILES string of the molecule is O=C(CC12CC3CC(CC(Br)(C3)C1)C2)OCc1noc(-c2ccsc2)n1. The first-order valence-corrected chi connectivity index (χ1v) is 10.9. The smallest absolute Gasteiger partial charge is 0.306 e. The maximum Gasteiger partial charge on any atom is 0.306 e. The van der Waals surface area contributed by atoms with Crippen LogP contribution in [-0.2, 0) is 16.1 Å². The Bertz CT molecular complexity index is 805. The van der Waals surface area contributed by atoms with Gasteiger partial charge in [0.15, 0.2) is 6.61 Å². The number of nitrogens with zero attached hydrogens (tertiary/aromatic N) is 2. The minimum atomic E-state index is -0.134. The summed E-state index contributed by atoms with van der Waals surface area (Å²) in [4.78, 5) is 16.8. The van der Waals surface area contributed by atoms with E-state index in [0.29, 0.717) is 18.1 Å². The molecule has 0 spiro atoms. The molecule has 0 N–H and O–H groups in total. The number of thiophene rings is 1. The summed E-state index contributed by atoms with van der Waals surface area (Å²) < 4.78 is 11.0. The van der Waals surface area contributed by atoms with Crippen LogP contribution in [0.25, 0.3) is 11.5 Å². The maximum absolute atomic E-state index is 12.5. The molecule has 4 fully saturated rings. The molecule has 4 aliphatic carbocycles. The number of alkyl halides is 1. The second kappa shape index (κ2) is 6.16. The van der Waals surface area contributed by atoms with Crippen molar-refractivity contribution in [3.05, 3.63) is 22.7 Å². The molecule has 0 aromatic carbocycles. The van der Waals surface area contributed by atoms with Crippen LogP contribution in [0, 0.1) is 17.3 Å². The number of hydrogen-bond donors (Lipinski definition) is 0. The van der Waals surface area contributed by atoms with Gasteiger partial charge in [-0.25, -0.2) is 0 Å². The van der Waals surface area contributed by atoms with Crippen molar-refractivity contribution in [1.29, 1.82) is 0 Å². The van der Waals surface area contributed by atoms with Crippen molar-refractivity contribution in [2.75, 3.05) is 0 Å². The van der Waals surface area contributed by atoms with E-state index in [9.17, 15) is 4.79 Å². The molecule has 0 radical (unpaired) electrons. The number of carbonyl (C=O) groups is 1. The Labute approximate surface area is 164 Å². The van der Waals surface area contributed by atoms with Gasteiger partial charge in [0.2, 0.25) is 5.82 Å². The zero-order valence-corrected chi connectivity index (χ0v) is 16.9. The first kappa shape index (κ1) is 16.9. The molecule has 0 saturated heterocycles. The molecular formula is C19H21BrN2O3S. The molecule has 26 heavy (non-hydrogen) atoms. The van der Waals surface area contributed by atoms with E-state index < -0.39 is 0 Å². The third-order valence-electron chi connectivity index (χ3n) is 6.23. The predicted molar refractivity (Wildman–Crippen MR) is 101 cm³/mol. The highest BCUT2D eigenvalue weighted by Crippen LogP contribution is 2.65. The highest BCUT2D eigenvalue weighted by molar-refractivity contribution is 9.10. The van der Waals surface area contributed by atoms with E-state index in [2.05, 4.69) is 26.1 Å². The lowest BCUT2D eigenvalue weighted by Crippen LogP contribution is -2.53. The van der Waals surface area contributed by atoms with Gasteiger partial charge in [0.25, 0.3) is 5.89 Å². The topological polar surface area (TPSA) is 65.2 Å². The summed E-state index contributed by atoms with van der Waals surface area (Å²) in [7, 11) is 0. The van der Waals surface area contributed by atoms with Crippen molar-refractivity contribution in [2.45, 2.75) is 55.9 Å². The van der Waals surface area contributed by atoms with Gasteiger partial charge in [-0.15, -0.1) is 0 Å². The summed E-state index contributed by atoms with van der Waals surface area (Å²) in [5.41, 5.74) is 1.03. The molecule has 138 valence electrons. The van der Waals surface area contributed by atoms with Gasteiger partial charge in [0, 0.05) is 9.70 Å². The zero-order chi connectivity index (χ0) is 17.8. The Balaban J connectivity index is 1.21. The number of carbonyl (C=O) groups excluding carboxylic acids is 1. The summed E-state index contributed by atoms with van der Waals surface area (Å²) >= 11 is 5.57. The zero-order valence-electron chi connectivity index (χ0n) is 14.4. The van der Waals surface area contributed by atoms with Crippen LogP contribution in [0.1, 0.15) is 50.8 Å². The van der Waals surface area contributed by atoms with Gasteiger partial charge < -0.3 is 9.26 Å². The summed E-state index contributed by atoms with van der Waals surface area (Å²) in [5, 5.41) is 7.83. The fourth-order valence-electron chi connectivity index (χ4n) is 5.86. The van der Waals surface area contributed by atoms with Crippen LogP contribution < -0.4 is 0 Å². The second-order valence-corrected chi connectivity index (χ2v) is 10.9. The summed E-state index contributed by atoms with van der Waals surface area (Å²) in [6.45, 7) is 0.0782. The van der Waals surface area contributed by atoms with Gasteiger partial charge in [0.05, 0.1) is 12.0 Å². The lowest BCUT2D eigenvalue weighted by molar-refractivity contribution is -0.152. The maximum atomic E-state index is 12.5. The number of esters is 1. The van der Waals surface area contributed by atoms with Crippen molar-refractivity contribution in [3.63, 3.8) is 0 Å². The summed E-state index contributed by atoms with van der Waals surface area (Å²) in [6.07, 6.45) is 7.86. The molecule has 0 aliphatic heterocycles. The number of ether oxygens (including phenoxy) is 1. The van der Waals surface area contributed by atoms with Crippen LogP contribution in [0.15, 0.2) is 21.3 Å².